The van der Waals surface area contributed by atoms with Gasteiger partial charge in [-0.05, 0) is 11.1 Å². The SMILES string of the molecule is C=C/C=C(\C=C)C(NC(=O)c1cnc(-c2cc(C(=O)O)on2)[nH]c1=O)c1ccccc1. The molecule has 3 rings (SSSR count). The average molecular weight is 418 g/mol. The second kappa shape index (κ2) is 9.31. The van der Waals surface area contributed by atoms with Crippen molar-refractivity contribution < 1.29 is 19.2 Å². The Labute approximate surface area is 176 Å². The van der Waals surface area contributed by atoms with E-state index in [9.17, 15) is 14.4 Å². The fourth-order valence-electron chi connectivity index (χ4n) is 2.81. The van der Waals surface area contributed by atoms with E-state index in [2.05, 4.69) is 38.1 Å². The molecule has 0 spiro atoms. The van der Waals surface area contributed by atoms with Crippen LogP contribution in [0, 0.1) is 0 Å². The van der Waals surface area contributed by atoms with E-state index in [1.807, 2.05) is 30.3 Å². The summed E-state index contributed by atoms with van der Waals surface area (Å²) in [7, 11) is 0. The van der Waals surface area contributed by atoms with Crippen LogP contribution < -0.4 is 10.9 Å². The van der Waals surface area contributed by atoms with Crippen molar-refractivity contribution in [1.82, 2.24) is 20.4 Å². The van der Waals surface area contributed by atoms with Crippen molar-refractivity contribution in [2.45, 2.75) is 6.04 Å². The number of benzene rings is 1. The molecule has 31 heavy (non-hydrogen) atoms. The molecule has 0 bridgehead atoms. The zero-order chi connectivity index (χ0) is 22.4. The van der Waals surface area contributed by atoms with Crippen molar-refractivity contribution in [3.8, 4) is 11.5 Å². The van der Waals surface area contributed by atoms with Gasteiger partial charge in [-0.15, -0.1) is 0 Å². The fourth-order valence-corrected chi connectivity index (χ4v) is 2.81. The lowest BCUT2D eigenvalue weighted by Gasteiger charge is -2.20. The van der Waals surface area contributed by atoms with Gasteiger partial charge in [-0.25, -0.2) is 9.78 Å². The van der Waals surface area contributed by atoms with E-state index < -0.39 is 29.2 Å². The number of aromatic carboxylic acids is 1. The summed E-state index contributed by atoms with van der Waals surface area (Å²) in [5.74, 6) is -2.40. The van der Waals surface area contributed by atoms with Gasteiger partial charge in [0.1, 0.15) is 11.3 Å². The molecule has 0 aliphatic carbocycles. The highest BCUT2D eigenvalue weighted by Crippen LogP contribution is 2.23. The maximum absolute atomic E-state index is 12.8. The molecule has 1 atom stereocenters. The van der Waals surface area contributed by atoms with Crippen molar-refractivity contribution >= 4 is 11.9 Å². The molecule has 0 aliphatic rings. The van der Waals surface area contributed by atoms with Crippen molar-refractivity contribution in [2.75, 3.05) is 0 Å². The van der Waals surface area contributed by atoms with Crippen LogP contribution >= 0.6 is 0 Å². The molecule has 0 saturated carbocycles. The monoisotopic (exact) mass is 418 g/mol. The molecule has 3 aromatic rings. The number of carbonyl (C=O) groups is 2. The van der Waals surface area contributed by atoms with Crippen LogP contribution in [0.5, 0.6) is 0 Å². The van der Waals surface area contributed by atoms with Crippen LogP contribution in [-0.2, 0) is 0 Å². The lowest BCUT2D eigenvalue weighted by molar-refractivity contribution is 0.0652. The minimum atomic E-state index is -1.31. The Bertz CT molecular complexity index is 1220. The van der Waals surface area contributed by atoms with Gasteiger partial charge in [0.05, 0.1) is 6.04 Å². The van der Waals surface area contributed by atoms with Crippen LogP contribution in [0.1, 0.15) is 32.5 Å². The number of amides is 1. The lowest BCUT2D eigenvalue weighted by atomic mass is 9.97. The summed E-state index contributed by atoms with van der Waals surface area (Å²) < 4.78 is 4.65. The van der Waals surface area contributed by atoms with Gasteiger partial charge >= 0.3 is 5.97 Å². The van der Waals surface area contributed by atoms with E-state index in [0.717, 1.165) is 17.8 Å². The van der Waals surface area contributed by atoms with Gasteiger partial charge in [-0.2, -0.15) is 0 Å². The van der Waals surface area contributed by atoms with Crippen molar-refractivity contribution in [3.63, 3.8) is 0 Å². The second-order valence-electron chi connectivity index (χ2n) is 6.28. The molecular weight excluding hydrogens is 400 g/mol. The Hall–Kier alpha value is -4.53. The summed E-state index contributed by atoms with van der Waals surface area (Å²) in [6.45, 7) is 7.45. The van der Waals surface area contributed by atoms with E-state index in [1.165, 1.54) is 0 Å². The smallest absolute Gasteiger partial charge is 0.374 e. The van der Waals surface area contributed by atoms with Gasteiger partial charge in [0.2, 0.25) is 5.76 Å². The molecule has 0 fully saturated rings. The van der Waals surface area contributed by atoms with Gasteiger partial charge in [0.15, 0.2) is 5.82 Å². The Morgan fingerprint density at radius 1 is 1.23 bits per heavy atom. The van der Waals surface area contributed by atoms with Gasteiger partial charge in [-0.1, -0.05) is 66.9 Å². The van der Waals surface area contributed by atoms with Crippen molar-refractivity contribution in [3.05, 3.63) is 107 Å². The second-order valence-corrected chi connectivity index (χ2v) is 6.28. The predicted octanol–water partition coefficient (Wildman–Crippen LogP) is 2.89. The number of rotatable bonds is 8. The number of carboxylic acids is 1. The molecule has 1 aromatic carbocycles. The number of allylic oxidation sites excluding steroid dienone is 2. The number of nitrogens with zero attached hydrogens (tertiary/aromatic N) is 2. The lowest BCUT2D eigenvalue weighted by Crippen LogP contribution is -2.33. The zero-order valence-electron chi connectivity index (χ0n) is 16.2. The largest absolute Gasteiger partial charge is 0.475 e. The van der Waals surface area contributed by atoms with E-state index in [1.54, 1.807) is 18.2 Å². The Kier molecular flexibility index (Phi) is 6.36. The highest BCUT2D eigenvalue weighted by molar-refractivity contribution is 5.94. The van der Waals surface area contributed by atoms with Crippen LogP contribution in [0.4, 0.5) is 0 Å². The summed E-state index contributed by atoms with van der Waals surface area (Å²) in [6.07, 6.45) is 5.97. The summed E-state index contributed by atoms with van der Waals surface area (Å²) >= 11 is 0. The van der Waals surface area contributed by atoms with E-state index >= 15 is 0 Å². The first-order valence-corrected chi connectivity index (χ1v) is 9.05. The Morgan fingerprint density at radius 3 is 2.55 bits per heavy atom. The molecule has 2 aromatic heterocycles. The van der Waals surface area contributed by atoms with Crippen molar-refractivity contribution in [2.24, 2.45) is 0 Å². The molecule has 3 N–H and O–H groups in total. The third-order valence-electron chi connectivity index (χ3n) is 4.30. The normalized spacial score (nSPS) is 12.1. The molecule has 156 valence electrons. The molecule has 1 unspecified atom stereocenters. The van der Waals surface area contributed by atoms with Crippen LogP contribution in [0.3, 0.4) is 0 Å². The Morgan fingerprint density at radius 2 is 1.97 bits per heavy atom. The summed E-state index contributed by atoms with van der Waals surface area (Å²) in [4.78, 5) is 42.7. The van der Waals surface area contributed by atoms with E-state index in [4.69, 9.17) is 5.11 Å². The van der Waals surface area contributed by atoms with Crippen LogP contribution in [0.15, 0.2) is 88.9 Å². The molecule has 0 saturated heterocycles. The number of hydrogen-bond donors (Lipinski definition) is 3. The van der Waals surface area contributed by atoms with Gasteiger partial charge < -0.3 is 19.9 Å². The third kappa shape index (κ3) is 4.73. The number of aromatic nitrogens is 3. The van der Waals surface area contributed by atoms with Gasteiger partial charge in [0.25, 0.3) is 11.5 Å². The quantitative estimate of drug-likeness (QED) is 0.478. The number of hydrogen-bond acceptors (Lipinski definition) is 6. The van der Waals surface area contributed by atoms with E-state index in [-0.39, 0.29) is 17.1 Å². The zero-order valence-corrected chi connectivity index (χ0v) is 16.2. The standard InChI is InChI=1S/C22H18N4O5/c1-3-8-13(4-2)18(14-9-6-5-7-10-14)24-20(27)15-12-23-19(25-21(15)28)16-11-17(22(29)30)31-26-16/h3-12,18H,1-2H2,(H,24,27)(H,29,30)(H,23,25,28)/b13-8+. The maximum atomic E-state index is 12.8. The first-order valence-electron chi connectivity index (χ1n) is 9.05. The molecule has 1 amide bonds. The van der Waals surface area contributed by atoms with Crippen LogP contribution in [0.25, 0.3) is 11.5 Å². The number of carbonyl (C=O) groups excluding carboxylic acids is 1. The molecule has 0 aliphatic heterocycles. The highest BCUT2D eigenvalue weighted by atomic mass is 16.5. The van der Waals surface area contributed by atoms with E-state index in [0.29, 0.717) is 5.57 Å². The molecule has 9 nitrogen and oxygen atoms in total. The molecule has 0 radical (unpaired) electrons. The molecular formula is C22H18N4O5. The highest BCUT2D eigenvalue weighted by Gasteiger charge is 2.21. The summed E-state index contributed by atoms with van der Waals surface area (Å²) in [6, 6.07) is 9.72. The molecule has 9 heteroatoms. The van der Waals surface area contributed by atoms with Gasteiger partial charge in [-0.3, -0.25) is 9.59 Å². The number of carboxylic acid groups (broad SMARTS) is 1. The van der Waals surface area contributed by atoms with Crippen LogP contribution in [-0.4, -0.2) is 32.1 Å². The minimum Gasteiger partial charge on any atom is -0.475 e. The topological polar surface area (TPSA) is 138 Å². The first kappa shape index (κ1) is 21.2. The van der Waals surface area contributed by atoms with Crippen molar-refractivity contribution in [1.29, 1.82) is 0 Å². The summed E-state index contributed by atoms with van der Waals surface area (Å²) in [5.41, 5.74) is 0.537. The van der Waals surface area contributed by atoms with Crippen LogP contribution in [0.2, 0.25) is 0 Å². The number of H-pyrrole nitrogens is 1. The maximum Gasteiger partial charge on any atom is 0.374 e. The number of nitrogens with one attached hydrogen (secondary N) is 2. The first-order chi connectivity index (χ1) is 14.9. The molecule has 2 heterocycles. The fraction of sp³-hybridized carbons (Fsp3) is 0.0455. The summed E-state index contributed by atoms with van der Waals surface area (Å²) in [5, 5.41) is 15.3. The Balaban J connectivity index is 1.91. The predicted molar refractivity (Wildman–Crippen MR) is 112 cm³/mol. The number of aromatic amines is 1. The van der Waals surface area contributed by atoms with Gasteiger partial charge in [0, 0.05) is 12.3 Å². The minimum absolute atomic E-state index is 0.0199. The third-order valence-corrected chi connectivity index (χ3v) is 4.30. The average Bonchev–Trinajstić information content (AvgIpc) is 3.27.